The lowest BCUT2D eigenvalue weighted by Crippen LogP contribution is -2.32. The number of fused-ring (bicyclic) bond motifs is 2. The quantitative estimate of drug-likeness (QED) is 0.205. The molecule has 1 aliphatic carbocycles. The van der Waals surface area contributed by atoms with Gasteiger partial charge in [0.05, 0.1) is 10.4 Å². The molecule has 1 saturated carbocycles. The number of nitrogens with one attached hydrogen (secondary N) is 2. The van der Waals surface area contributed by atoms with Gasteiger partial charge in [0.15, 0.2) is 0 Å². The minimum atomic E-state index is -3.62. The molecule has 42 heavy (non-hydrogen) atoms. The van der Waals surface area contributed by atoms with Crippen LogP contribution in [0.1, 0.15) is 47.0 Å². The highest BCUT2D eigenvalue weighted by Gasteiger charge is 2.25. The van der Waals surface area contributed by atoms with Crippen LogP contribution in [0.25, 0.3) is 21.7 Å². The normalized spacial score (nSPS) is 17.1. The third-order valence-corrected chi connectivity index (χ3v) is 9.84. The van der Waals surface area contributed by atoms with Gasteiger partial charge in [0.2, 0.25) is 16.0 Å². The third kappa shape index (κ3) is 6.79. The Hall–Kier alpha value is -3.43. The van der Waals surface area contributed by atoms with Gasteiger partial charge >= 0.3 is 0 Å². The molecule has 226 valence electrons. The van der Waals surface area contributed by atoms with Gasteiger partial charge in [-0.1, -0.05) is 43.8 Å². The predicted octanol–water partition coefficient (Wildman–Crippen LogP) is 6.53. The molecule has 0 amide bonds. The molecule has 0 bridgehead atoms. The number of anilines is 3. The van der Waals surface area contributed by atoms with Crippen molar-refractivity contribution in [2.75, 3.05) is 55.4 Å². The fraction of sp³-hybridized carbons (Fsp3) is 0.455. The van der Waals surface area contributed by atoms with Gasteiger partial charge in [-0.25, -0.2) is 18.1 Å². The monoisotopic (exact) mass is 590 g/mol. The second kappa shape index (κ2) is 13.7. The van der Waals surface area contributed by atoms with Gasteiger partial charge in [0.1, 0.15) is 5.82 Å². The first-order chi connectivity index (χ1) is 19.8. The second-order valence-corrected chi connectivity index (χ2v) is 12.9. The van der Waals surface area contributed by atoms with Crippen molar-refractivity contribution in [1.82, 2.24) is 14.7 Å². The number of hydrogen-bond acceptors (Lipinski definition) is 7. The molecule has 3 aromatic carbocycles. The molecule has 8 nitrogen and oxygen atoms in total. The summed E-state index contributed by atoms with van der Waals surface area (Å²) in [6, 6.07) is 19.5. The highest BCUT2D eigenvalue weighted by molar-refractivity contribution is 7.89. The lowest BCUT2D eigenvalue weighted by molar-refractivity contribution is 0.284. The Labute approximate surface area is 251 Å². The molecule has 1 aromatic heterocycles. The highest BCUT2D eigenvalue weighted by atomic mass is 32.2. The first kappa shape index (κ1) is 31.5. The summed E-state index contributed by atoms with van der Waals surface area (Å²) in [5, 5.41) is 6.27. The molecule has 0 radical (unpaired) electrons. The number of nitrogens with zero attached hydrogens (tertiary/aromatic N) is 4. The number of para-hydroxylation sites is 1. The number of sulfonamides is 1. The Morgan fingerprint density at radius 2 is 1.40 bits per heavy atom. The van der Waals surface area contributed by atoms with Gasteiger partial charge in [-0.15, -0.1) is 0 Å². The third-order valence-electron chi connectivity index (χ3n) is 8.35. The van der Waals surface area contributed by atoms with E-state index in [1.54, 1.807) is 6.07 Å². The van der Waals surface area contributed by atoms with Gasteiger partial charge in [-0.05, 0) is 75.6 Å². The molecule has 0 aliphatic heterocycles. The van der Waals surface area contributed by atoms with Crippen LogP contribution < -0.4 is 19.8 Å². The van der Waals surface area contributed by atoms with Crippen LogP contribution in [0.4, 0.5) is 17.5 Å². The van der Waals surface area contributed by atoms with Crippen molar-refractivity contribution >= 4 is 49.2 Å². The SMILES string of the molecule is C.CCN(CC)c1nc(NCC2CCC(CNS(=O)(=O)c3cccc4c(N(C)C)cccc34)CC2)nc2ccccc12. The van der Waals surface area contributed by atoms with Crippen LogP contribution in [0.2, 0.25) is 0 Å². The molecule has 1 fully saturated rings. The molecule has 0 saturated heterocycles. The summed E-state index contributed by atoms with van der Waals surface area (Å²) in [6.45, 7) is 7.36. The van der Waals surface area contributed by atoms with Crippen LogP contribution in [0.5, 0.6) is 0 Å². The van der Waals surface area contributed by atoms with Crippen LogP contribution in [0, 0.1) is 11.8 Å². The van der Waals surface area contributed by atoms with Crippen molar-refractivity contribution in [3.63, 3.8) is 0 Å². The van der Waals surface area contributed by atoms with E-state index in [4.69, 9.17) is 9.97 Å². The molecule has 1 heterocycles. The lowest BCUT2D eigenvalue weighted by Gasteiger charge is -2.29. The van der Waals surface area contributed by atoms with Crippen molar-refractivity contribution in [3.05, 3.63) is 60.7 Å². The van der Waals surface area contributed by atoms with E-state index >= 15 is 0 Å². The summed E-state index contributed by atoms with van der Waals surface area (Å²) in [5.41, 5.74) is 1.96. The maximum atomic E-state index is 13.4. The topological polar surface area (TPSA) is 90.5 Å². The van der Waals surface area contributed by atoms with Crippen LogP contribution in [0.15, 0.2) is 65.6 Å². The fourth-order valence-electron chi connectivity index (χ4n) is 5.97. The minimum absolute atomic E-state index is 0. The van der Waals surface area contributed by atoms with Crippen molar-refractivity contribution in [3.8, 4) is 0 Å². The van der Waals surface area contributed by atoms with Gasteiger partial charge in [-0.3, -0.25) is 0 Å². The van der Waals surface area contributed by atoms with E-state index in [1.165, 1.54) is 0 Å². The van der Waals surface area contributed by atoms with Crippen LogP contribution in [-0.4, -0.2) is 58.7 Å². The maximum Gasteiger partial charge on any atom is 0.241 e. The van der Waals surface area contributed by atoms with Crippen molar-refractivity contribution in [1.29, 1.82) is 0 Å². The molecule has 1 aliphatic rings. The Balaban J connectivity index is 0.00000405. The summed E-state index contributed by atoms with van der Waals surface area (Å²) in [6.07, 6.45) is 4.10. The summed E-state index contributed by atoms with van der Waals surface area (Å²) in [4.78, 5) is 14.3. The lowest BCUT2D eigenvalue weighted by atomic mass is 9.82. The Bertz CT molecular complexity index is 1600. The van der Waals surface area contributed by atoms with Crippen LogP contribution in [-0.2, 0) is 10.0 Å². The molecule has 9 heteroatoms. The molecule has 2 N–H and O–H groups in total. The first-order valence-corrected chi connectivity index (χ1v) is 16.2. The number of hydrogen-bond donors (Lipinski definition) is 2. The van der Waals surface area contributed by atoms with Gasteiger partial charge in [0, 0.05) is 62.1 Å². The molecular formula is C33H46N6O2S. The van der Waals surface area contributed by atoms with E-state index < -0.39 is 10.0 Å². The maximum absolute atomic E-state index is 13.4. The zero-order valence-corrected chi connectivity index (χ0v) is 25.4. The minimum Gasteiger partial charge on any atom is -0.377 e. The molecular weight excluding hydrogens is 544 g/mol. The van der Waals surface area contributed by atoms with E-state index in [0.29, 0.717) is 29.2 Å². The summed E-state index contributed by atoms with van der Waals surface area (Å²) < 4.78 is 29.6. The van der Waals surface area contributed by atoms with E-state index in [1.807, 2.05) is 67.5 Å². The summed E-state index contributed by atoms with van der Waals surface area (Å²) in [5.74, 6) is 2.49. The molecule has 5 rings (SSSR count). The van der Waals surface area contributed by atoms with Crippen LogP contribution in [0.3, 0.4) is 0 Å². The molecule has 0 spiro atoms. The smallest absolute Gasteiger partial charge is 0.241 e. The van der Waals surface area contributed by atoms with Gasteiger partial charge in [0.25, 0.3) is 0 Å². The summed E-state index contributed by atoms with van der Waals surface area (Å²) >= 11 is 0. The van der Waals surface area contributed by atoms with E-state index in [9.17, 15) is 8.42 Å². The summed E-state index contributed by atoms with van der Waals surface area (Å²) in [7, 11) is 0.318. The Kier molecular flexibility index (Phi) is 10.3. The Morgan fingerprint density at radius 1 is 0.786 bits per heavy atom. The highest BCUT2D eigenvalue weighted by Crippen LogP contribution is 2.32. The predicted molar refractivity (Wildman–Crippen MR) is 177 cm³/mol. The van der Waals surface area contributed by atoms with Gasteiger partial charge in [-0.2, -0.15) is 4.98 Å². The number of aromatic nitrogens is 2. The zero-order chi connectivity index (χ0) is 29.0. The fourth-order valence-corrected chi connectivity index (χ4v) is 7.31. The molecule has 0 atom stereocenters. The zero-order valence-electron chi connectivity index (χ0n) is 24.6. The Morgan fingerprint density at radius 3 is 2.10 bits per heavy atom. The standard InChI is InChI=1S/C32H42N6O2S.CH4/c1-5-38(6-2)31-27-11-7-8-14-28(27)35-32(36-31)33-21-23-17-19-24(20-18-23)22-34-41(39,40)30-16-10-12-25-26(30)13-9-15-29(25)37(3)4;/h7-16,23-24,34H,5-6,17-22H2,1-4H3,(H,33,35,36);1H4. The van der Waals surface area contributed by atoms with Crippen LogP contribution >= 0.6 is 0 Å². The second-order valence-electron chi connectivity index (χ2n) is 11.2. The average Bonchev–Trinajstić information content (AvgIpc) is 2.99. The first-order valence-electron chi connectivity index (χ1n) is 14.7. The van der Waals surface area contributed by atoms with E-state index in [-0.39, 0.29) is 7.43 Å². The van der Waals surface area contributed by atoms with E-state index in [2.05, 4.69) is 34.9 Å². The van der Waals surface area contributed by atoms with Crippen molar-refractivity contribution in [2.24, 2.45) is 11.8 Å². The van der Waals surface area contributed by atoms with Crippen molar-refractivity contribution < 1.29 is 8.42 Å². The molecule has 0 unspecified atom stereocenters. The largest absolute Gasteiger partial charge is 0.377 e. The molecule has 4 aromatic rings. The van der Waals surface area contributed by atoms with E-state index in [0.717, 1.165) is 78.5 Å². The van der Waals surface area contributed by atoms with Gasteiger partial charge < -0.3 is 15.1 Å². The van der Waals surface area contributed by atoms with Crippen molar-refractivity contribution in [2.45, 2.75) is 51.9 Å². The number of rotatable bonds is 11. The average molecular weight is 591 g/mol. The number of benzene rings is 3.